The Hall–Kier alpha value is -1.83. The van der Waals surface area contributed by atoms with Crippen LogP contribution in [0.2, 0.25) is 0 Å². The molecule has 0 aliphatic rings. The monoisotopic (exact) mass is 170 g/mol. The fourth-order valence-corrected chi connectivity index (χ4v) is 0.982. The number of nitrogens with zero attached hydrogens (tertiary/aromatic N) is 1. The van der Waals surface area contributed by atoms with Crippen molar-refractivity contribution in [1.82, 2.24) is 4.98 Å². The van der Waals surface area contributed by atoms with E-state index in [1.54, 1.807) is 18.5 Å². The second kappa shape index (κ2) is 3.72. The Morgan fingerprint density at radius 2 is 1.92 bits per heavy atom. The third-order valence-electron chi connectivity index (χ3n) is 1.56. The van der Waals surface area contributed by atoms with Gasteiger partial charge >= 0.3 is 0 Å². The molecule has 0 spiro atoms. The number of benzene rings is 1. The van der Waals surface area contributed by atoms with Crippen molar-refractivity contribution in [1.29, 1.82) is 0 Å². The summed E-state index contributed by atoms with van der Waals surface area (Å²) in [7, 11) is 0. The molecule has 2 aromatic rings. The van der Waals surface area contributed by atoms with E-state index in [2.05, 4.69) is 11.1 Å². The first-order valence-corrected chi connectivity index (χ1v) is 4.00. The van der Waals surface area contributed by atoms with Gasteiger partial charge in [-0.25, -0.2) is 0 Å². The molecule has 13 heavy (non-hydrogen) atoms. The molecule has 0 amide bonds. The number of ether oxygens (including phenoxy) is 1. The lowest BCUT2D eigenvalue weighted by molar-refractivity contribution is 0.481. The summed E-state index contributed by atoms with van der Waals surface area (Å²) in [5, 5.41) is 0. The van der Waals surface area contributed by atoms with Crippen molar-refractivity contribution in [3.63, 3.8) is 0 Å². The quantitative estimate of drug-likeness (QED) is 0.691. The van der Waals surface area contributed by atoms with E-state index >= 15 is 0 Å². The van der Waals surface area contributed by atoms with Gasteiger partial charge in [-0.1, -0.05) is 18.2 Å². The van der Waals surface area contributed by atoms with Crippen LogP contribution < -0.4 is 4.74 Å². The van der Waals surface area contributed by atoms with E-state index < -0.39 is 0 Å². The maximum absolute atomic E-state index is 5.48. The Balaban J connectivity index is 2.16. The van der Waals surface area contributed by atoms with Crippen LogP contribution in [0, 0.1) is 6.07 Å². The van der Waals surface area contributed by atoms with Gasteiger partial charge in [-0.3, -0.25) is 4.98 Å². The third-order valence-corrected chi connectivity index (χ3v) is 1.56. The van der Waals surface area contributed by atoms with Crippen molar-refractivity contribution in [2.45, 2.75) is 0 Å². The molecule has 0 aliphatic carbocycles. The van der Waals surface area contributed by atoms with Crippen LogP contribution in [0.4, 0.5) is 0 Å². The van der Waals surface area contributed by atoms with Crippen molar-refractivity contribution >= 4 is 0 Å². The predicted molar refractivity (Wildman–Crippen MR) is 49.6 cm³/mol. The molecule has 1 heterocycles. The van der Waals surface area contributed by atoms with Crippen molar-refractivity contribution in [3.05, 3.63) is 54.9 Å². The largest absolute Gasteiger partial charge is 0.457 e. The molecule has 2 rings (SSSR count). The van der Waals surface area contributed by atoms with Crippen LogP contribution in [0.1, 0.15) is 0 Å². The molecular formula is C11H8NO. The summed E-state index contributed by atoms with van der Waals surface area (Å²) >= 11 is 0. The van der Waals surface area contributed by atoms with Gasteiger partial charge in [0.15, 0.2) is 0 Å². The Morgan fingerprint density at radius 1 is 1.08 bits per heavy atom. The number of rotatable bonds is 2. The average molecular weight is 170 g/mol. The standard InChI is InChI=1S/C11H8NO/c1-2-4-10(5-3-1)13-11-6-8-12-9-7-11/h1-6,8-9H. The molecular weight excluding hydrogens is 162 g/mol. The maximum Gasteiger partial charge on any atom is 0.138 e. The van der Waals surface area contributed by atoms with Gasteiger partial charge in [-0.05, 0) is 18.2 Å². The number of aromatic nitrogens is 1. The minimum Gasteiger partial charge on any atom is -0.457 e. The molecule has 0 fully saturated rings. The van der Waals surface area contributed by atoms with E-state index in [0.29, 0.717) is 5.75 Å². The highest BCUT2D eigenvalue weighted by Gasteiger charge is 1.93. The van der Waals surface area contributed by atoms with Crippen LogP contribution in [0.15, 0.2) is 48.8 Å². The Labute approximate surface area is 76.8 Å². The zero-order valence-electron chi connectivity index (χ0n) is 6.97. The zero-order valence-corrected chi connectivity index (χ0v) is 6.97. The van der Waals surface area contributed by atoms with E-state index in [4.69, 9.17) is 4.74 Å². The number of pyridine rings is 1. The highest BCUT2D eigenvalue weighted by Crippen LogP contribution is 2.18. The second-order valence-corrected chi connectivity index (χ2v) is 2.52. The summed E-state index contributed by atoms with van der Waals surface area (Å²) in [6.45, 7) is 0. The van der Waals surface area contributed by atoms with E-state index in [1.165, 1.54) is 0 Å². The molecule has 2 heteroatoms. The molecule has 2 nitrogen and oxygen atoms in total. The molecule has 0 saturated heterocycles. The first-order chi connectivity index (χ1) is 6.45. The smallest absolute Gasteiger partial charge is 0.138 e. The molecule has 0 atom stereocenters. The lowest BCUT2D eigenvalue weighted by atomic mass is 10.3. The van der Waals surface area contributed by atoms with Crippen LogP contribution >= 0.6 is 0 Å². The minimum atomic E-state index is 0.682. The second-order valence-electron chi connectivity index (χ2n) is 2.52. The highest BCUT2D eigenvalue weighted by atomic mass is 16.5. The number of hydrogen-bond acceptors (Lipinski definition) is 2. The summed E-state index contributed by atoms with van der Waals surface area (Å²) in [6, 6.07) is 14.3. The fraction of sp³-hybridized carbons (Fsp3) is 0. The fourth-order valence-electron chi connectivity index (χ4n) is 0.982. The Kier molecular flexibility index (Phi) is 2.23. The molecule has 0 aliphatic heterocycles. The van der Waals surface area contributed by atoms with Crippen molar-refractivity contribution in [3.8, 4) is 11.5 Å². The summed E-state index contributed by atoms with van der Waals surface area (Å²) < 4.78 is 5.48. The van der Waals surface area contributed by atoms with E-state index in [-0.39, 0.29) is 0 Å². The predicted octanol–water partition coefficient (Wildman–Crippen LogP) is 2.67. The van der Waals surface area contributed by atoms with Gasteiger partial charge in [0.1, 0.15) is 11.5 Å². The van der Waals surface area contributed by atoms with Crippen molar-refractivity contribution in [2.24, 2.45) is 0 Å². The first kappa shape index (κ1) is 7.80. The Bertz CT molecular complexity index is 321. The van der Waals surface area contributed by atoms with E-state index in [1.807, 2.05) is 30.3 Å². The van der Waals surface area contributed by atoms with Crippen LogP contribution in [-0.2, 0) is 0 Å². The van der Waals surface area contributed by atoms with Gasteiger partial charge in [-0.15, -0.1) is 0 Å². The summed E-state index contributed by atoms with van der Waals surface area (Å²) in [4.78, 5) is 3.85. The van der Waals surface area contributed by atoms with Crippen LogP contribution in [0.5, 0.6) is 11.5 Å². The van der Waals surface area contributed by atoms with Gasteiger partial charge in [0.25, 0.3) is 0 Å². The van der Waals surface area contributed by atoms with Gasteiger partial charge < -0.3 is 4.74 Å². The van der Waals surface area contributed by atoms with Gasteiger partial charge in [0.05, 0.1) is 0 Å². The summed E-state index contributed by atoms with van der Waals surface area (Å²) in [5.74, 6) is 1.49. The van der Waals surface area contributed by atoms with Crippen LogP contribution in [-0.4, -0.2) is 4.98 Å². The van der Waals surface area contributed by atoms with Gasteiger partial charge in [0.2, 0.25) is 0 Å². The third kappa shape index (κ3) is 2.06. The lowest BCUT2D eigenvalue weighted by Gasteiger charge is -2.02. The number of para-hydroxylation sites is 1. The average Bonchev–Trinajstić information content (AvgIpc) is 2.21. The molecule has 0 saturated carbocycles. The Morgan fingerprint density at radius 3 is 2.62 bits per heavy atom. The molecule has 1 radical (unpaired) electrons. The zero-order chi connectivity index (χ0) is 8.93. The molecule has 63 valence electrons. The van der Waals surface area contributed by atoms with Crippen molar-refractivity contribution < 1.29 is 4.74 Å². The first-order valence-electron chi connectivity index (χ1n) is 4.00. The SMILES string of the molecule is [c]1cnccc1Oc1ccccc1. The maximum atomic E-state index is 5.48. The summed E-state index contributed by atoms with van der Waals surface area (Å²) in [6.07, 6.45) is 3.26. The minimum absolute atomic E-state index is 0.682. The number of hydrogen-bond donors (Lipinski definition) is 0. The summed E-state index contributed by atoms with van der Waals surface area (Å²) in [5.41, 5.74) is 0. The highest BCUT2D eigenvalue weighted by molar-refractivity contribution is 5.28. The lowest BCUT2D eigenvalue weighted by Crippen LogP contribution is -1.83. The molecule has 0 bridgehead atoms. The van der Waals surface area contributed by atoms with Crippen LogP contribution in [0.25, 0.3) is 0 Å². The molecule has 0 N–H and O–H groups in total. The normalized spacial score (nSPS) is 9.54. The molecule has 1 aromatic heterocycles. The molecule has 0 unspecified atom stereocenters. The van der Waals surface area contributed by atoms with E-state index in [0.717, 1.165) is 5.75 Å². The topological polar surface area (TPSA) is 22.1 Å². The van der Waals surface area contributed by atoms with E-state index in [9.17, 15) is 0 Å². The van der Waals surface area contributed by atoms with Crippen LogP contribution in [0.3, 0.4) is 0 Å². The molecule has 1 aromatic carbocycles. The van der Waals surface area contributed by atoms with Gasteiger partial charge in [0, 0.05) is 18.5 Å². The van der Waals surface area contributed by atoms with Crippen molar-refractivity contribution in [2.75, 3.05) is 0 Å². The van der Waals surface area contributed by atoms with Gasteiger partial charge in [-0.2, -0.15) is 0 Å².